The van der Waals surface area contributed by atoms with Gasteiger partial charge in [0.05, 0.1) is 19.5 Å². The molecule has 0 bridgehead atoms. The fourth-order valence-electron chi connectivity index (χ4n) is 2.30. The molecule has 0 heterocycles. The summed E-state index contributed by atoms with van der Waals surface area (Å²) in [6.07, 6.45) is 1.02. The van der Waals surface area contributed by atoms with Crippen molar-refractivity contribution in [2.45, 2.75) is 19.1 Å². The SMILES string of the molecule is CS(=O)(=O)OC(COCCCOCc1ccccc1)COc1ccccc1. The second-order valence-corrected chi connectivity index (χ2v) is 7.61. The highest BCUT2D eigenvalue weighted by Gasteiger charge is 2.17. The molecular formula is C20H26O6S. The Morgan fingerprint density at radius 3 is 2.15 bits per heavy atom. The van der Waals surface area contributed by atoms with Crippen LogP contribution in [-0.2, 0) is 30.4 Å². The standard InChI is InChI=1S/C20H26O6S/c1-27(21,22)26-20(17-25-19-11-6-3-7-12-19)16-24-14-8-13-23-15-18-9-4-2-5-10-18/h2-7,9-12,20H,8,13-17H2,1H3. The monoisotopic (exact) mass is 394 g/mol. The van der Waals surface area contributed by atoms with Gasteiger partial charge in [0.25, 0.3) is 10.1 Å². The van der Waals surface area contributed by atoms with Crippen LogP contribution in [0.15, 0.2) is 60.7 Å². The molecule has 148 valence electrons. The van der Waals surface area contributed by atoms with Gasteiger partial charge in [-0.05, 0) is 24.1 Å². The fraction of sp³-hybridized carbons (Fsp3) is 0.400. The van der Waals surface area contributed by atoms with Crippen LogP contribution in [0.1, 0.15) is 12.0 Å². The molecule has 0 aliphatic carbocycles. The van der Waals surface area contributed by atoms with E-state index in [0.717, 1.165) is 11.8 Å². The average Bonchev–Trinajstić information content (AvgIpc) is 2.66. The smallest absolute Gasteiger partial charge is 0.264 e. The molecule has 2 aromatic carbocycles. The molecule has 1 unspecified atom stereocenters. The average molecular weight is 394 g/mol. The fourth-order valence-corrected chi connectivity index (χ4v) is 2.90. The predicted octanol–water partition coefficient (Wildman–Crippen LogP) is 3.03. The van der Waals surface area contributed by atoms with Crippen molar-refractivity contribution in [3.8, 4) is 5.75 Å². The lowest BCUT2D eigenvalue weighted by Gasteiger charge is -2.17. The summed E-state index contributed by atoms with van der Waals surface area (Å²) in [5.74, 6) is 0.647. The molecule has 0 aromatic heterocycles. The first-order chi connectivity index (χ1) is 13.0. The normalized spacial score (nSPS) is 12.6. The molecule has 0 saturated carbocycles. The maximum absolute atomic E-state index is 11.4. The summed E-state index contributed by atoms with van der Waals surface area (Å²) in [6.45, 7) is 1.78. The zero-order valence-corrected chi connectivity index (χ0v) is 16.3. The van der Waals surface area contributed by atoms with Crippen LogP contribution in [0.5, 0.6) is 5.75 Å². The van der Waals surface area contributed by atoms with Gasteiger partial charge < -0.3 is 14.2 Å². The van der Waals surface area contributed by atoms with E-state index >= 15 is 0 Å². The minimum absolute atomic E-state index is 0.0849. The molecule has 7 heteroatoms. The topological polar surface area (TPSA) is 71.1 Å². The first kappa shape index (κ1) is 21.4. The number of para-hydroxylation sites is 1. The summed E-state index contributed by atoms with van der Waals surface area (Å²) in [6, 6.07) is 19.1. The highest BCUT2D eigenvalue weighted by Crippen LogP contribution is 2.10. The van der Waals surface area contributed by atoms with Crippen LogP contribution in [-0.4, -0.2) is 47.2 Å². The molecule has 0 aliphatic rings. The molecule has 0 saturated heterocycles. The molecule has 1 atom stereocenters. The summed E-state index contributed by atoms with van der Waals surface area (Å²) in [4.78, 5) is 0. The van der Waals surface area contributed by atoms with Gasteiger partial charge in [-0.2, -0.15) is 8.42 Å². The van der Waals surface area contributed by atoms with Gasteiger partial charge >= 0.3 is 0 Å². The van der Waals surface area contributed by atoms with Crippen LogP contribution in [0.4, 0.5) is 0 Å². The Balaban J connectivity index is 1.64. The Hall–Kier alpha value is -1.93. The molecule has 27 heavy (non-hydrogen) atoms. The van der Waals surface area contributed by atoms with Crippen molar-refractivity contribution < 1.29 is 26.8 Å². The molecule has 0 aliphatic heterocycles. The first-order valence-corrected chi connectivity index (χ1v) is 10.6. The van der Waals surface area contributed by atoms with Crippen LogP contribution in [0, 0.1) is 0 Å². The molecule has 2 aromatic rings. The van der Waals surface area contributed by atoms with Crippen LogP contribution in [0.2, 0.25) is 0 Å². The van der Waals surface area contributed by atoms with Crippen LogP contribution < -0.4 is 4.74 Å². The summed E-state index contributed by atoms with van der Waals surface area (Å²) < 4.78 is 44.5. The highest BCUT2D eigenvalue weighted by atomic mass is 32.2. The third kappa shape index (κ3) is 10.1. The predicted molar refractivity (Wildman–Crippen MR) is 103 cm³/mol. The highest BCUT2D eigenvalue weighted by molar-refractivity contribution is 7.86. The van der Waals surface area contributed by atoms with E-state index in [-0.39, 0.29) is 13.2 Å². The van der Waals surface area contributed by atoms with Gasteiger partial charge in [-0.3, -0.25) is 4.18 Å². The maximum atomic E-state index is 11.4. The van der Waals surface area contributed by atoms with E-state index in [1.54, 1.807) is 12.1 Å². The Morgan fingerprint density at radius 2 is 1.48 bits per heavy atom. The maximum Gasteiger partial charge on any atom is 0.264 e. The number of hydrogen-bond acceptors (Lipinski definition) is 6. The Bertz CT molecular complexity index is 734. The van der Waals surface area contributed by atoms with Crippen molar-refractivity contribution in [1.82, 2.24) is 0 Å². The van der Waals surface area contributed by atoms with Crippen LogP contribution >= 0.6 is 0 Å². The lowest BCUT2D eigenvalue weighted by Crippen LogP contribution is -2.29. The van der Waals surface area contributed by atoms with Gasteiger partial charge in [-0.1, -0.05) is 48.5 Å². The van der Waals surface area contributed by atoms with E-state index in [2.05, 4.69) is 0 Å². The Morgan fingerprint density at radius 1 is 0.852 bits per heavy atom. The summed E-state index contributed by atoms with van der Waals surface area (Å²) in [5, 5.41) is 0. The van der Waals surface area contributed by atoms with E-state index in [1.165, 1.54) is 0 Å². The van der Waals surface area contributed by atoms with Crippen molar-refractivity contribution in [1.29, 1.82) is 0 Å². The van der Waals surface area contributed by atoms with Crippen molar-refractivity contribution in [2.24, 2.45) is 0 Å². The van der Waals surface area contributed by atoms with Gasteiger partial charge in [0.1, 0.15) is 18.5 Å². The minimum atomic E-state index is -3.59. The molecule has 0 amide bonds. The van der Waals surface area contributed by atoms with Crippen molar-refractivity contribution in [3.63, 3.8) is 0 Å². The number of hydrogen-bond donors (Lipinski definition) is 0. The largest absolute Gasteiger partial charge is 0.491 e. The number of ether oxygens (including phenoxy) is 3. The zero-order chi connectivity index (χ0) is 19.4. The van der Waals surface area contributed by atoms with E-state index < -0.39 is 16.2 Å². The third-order valence-electron chi connectivity index (χ3n) is 3.48. The number of rotatable bonds is 13. The van der Waals surface area contributed by atoms with Crippen molar-refractivity contribution in [2.75, 3.05) is 32.7 Å². The zero-order valence-electron chi connectivity index (χ0n) is 15.5. The second-order valence-electron chi connectivity index (χ2n) is 6.01. The Labute approximate surface area is 161 Å². The minimum Gasteiger partial charge on any atom is -0.491 e. The van der Waals surface area contributed by atoms with Crippen molar-refractivity contribution in [3.05, 3.63) is 66.2 Å². The lowest BCUT2D eigenvalue weighted by molar-refractivity contribution is 0.0181. The van der Waals surface area contributed by atoms with Crippen molar-refractivity contribution >= 4 is 10.1 Å². The van der Waals surface area contributed by atoms with Crippen LogP contribution in [0.25, 0.3) is 0 Å². The van der Waals surface area contributed by atoms with Gasteiger partial charge in [0.2, 0.25) is 0 Å². The molecular weight excluding hydrogens is 368 g/mol. The van der Waals surface area contributed by atoms with E-state index in [4.69, 9.17) is 18.4 Å². The number of benzene rings is 2. The van der Waals surface area contributed by atoms with Gasteiger partial charge in [-0.15, -0.1) is 0 Å². The third-order valence-corrected chi connectivity index (χ3v) is 4.10. The molecule has 0 spiro atoms. The quantitative estimate of drug-likeness (QED) is 0.384. The molecule has 0 radical (unpaired) electrons. The molecule has 0 N–H and O–H groups in total. The van der Waals surface area contributed by atoms with Gasteiger partial charge in [0, 0.05) is 13.2 Å². The van der Waals surface area contributed by atoms with Gasteiger partial charge in [0.15, 0.2) is 0 Å². The second kappa shape index (κ2) is 11.7. The summed E-state index contributed by atoms with van der Waals surface area (Å²) in [5.41, 5.74) is 1.12. The Kier molecular flexibility index (Phi) is 9.27. The first-order valence-electron chi connectivity index (χ1n) is 8.78. The van der Waals surface area contributed by atoms with Gasteiger partial charge in [-0.25, -0.2) is 0 Å². The van der Waals surface area contributed by atoms with E-state index in [0.29, 0.717) is 32.0 Å². The molecule has 0 fully saturated rings. The summed E-state index contributed by atoms with van der Waals surface area (Å²) >= 11 is 0. The van der Waals surface area contributed by atoms with E-state index in [9.17, 15) is 8.42 Å². The van der Waals surface area contributed by atoms with E-state index in [1.807, 2.05) is 48.5 Å². The molecule has 6 nitrogen and oxygen atoms in total. The summed E-state index contributed by atoms with van der Waals surface area (Å²) in [7, 11) is -3.59. The van der Waals surface area contributed by atoms with Crippen LogP contribution in [0.3, 0.4) is 0 Å². The molecule has 2 rings (SSSR count). The lowest BCUT2D eigenvalue weighted by atomic mass is 10.2.